The first kappa shape index (κ1) is 14.3. The number of carboxylic acids is 1. The number of halogens is 1. The molecule has 2 atom stereocenters. The Labute approximate surface area is 105 Å². The molecule has 7 heteroatoms. The van der Waals surface area contributed by atoms with E-state index in [2.05, 4.69) is 5.32 Å². The molecule has 0 aliphatic carbocycles. The fraction of sp³-hybridized carbons (Fsp3) is 0.273. The maximum atomic E-state index is 12.7. The van der Waals surface area contributed by atoms with Gasteiger partial charge in [0.15, 0.2) is 0 Å². The molecule has 0 bridgehead atoms. The molecule has 0 aliphatic rings. The van der Waals surface area contributed by atoms with Crippen LogP contribution in [0.4, 0.5) is 4.39 Å². The first-order chi connectivity index (χ1) is 8.40. The van der Waals surface area contributed by atoms with Gasteiger partial charge in [0.05, 0.1) is 16.6 Å². The monoisotopic (exact) mass is 273 g/mol. The van der Waals surface area contributed by atoms with Crippen LogP contribution in [0.5, 0.6) is 0 Å². The summed E-state index contributed by atoms with van der Waals surface area (Å²) in [6.45, 7) is 1.18. The van der Waals surface area contributed by atoms with Gasteiger partial charge in [0.2, 0.25) is 5.91 Å². The van der Waals surface area contributed by atoms with Gasteiger partial charge in [0.1, 0.15) is 11.9 Å². The van der Waals surface area contributed by atoms with Crippen LogP contribution in [-0.4, -0.2) is 33.0 Å². The third kappa shape index (κ3) is 4.25. The molecule has 2 N–H and O–H groups in total. The minimum atomic E-state index is -1.62. The van der Waals surface area contributed by atoms with Crippen molar-refractivity contribution >= 4 is 22.7 Å². The van der Waals surface area contributed by atoms with Crippen LogP contribution in [0.2, 0.25) is 0 Å². The Hall–Kier alpha value is -1.76. The quantitative estimate of drug-likeness (QED) is 0.819. The first-order valence-corrected chi connectivity index (χ1v) is 6.36. The zero-order valence-electron chi connectivity index (χ0n) is 9.55. The molecule has 0 saturated carbocycles. The SMILES string of the molecule is CC(=O)NC(CS(=O)c1ccc(F)cc1)C(=O)O. The highest BCUT2D eigenvalue weighted by Crippen LogP contribution is 2.09. The van der Waals surface area contributed by atoms with Crippen molar-refractivity contribution in [3.63, 3.8) is 0 Å². The van der Waals surface area contributed by atoms with E-state index in [9.17, 15) is 18.2 Å². The average molecular weight is 273 g/mol. The number of nitrogens with one attached hydrogen (secondary N) is 1. The Bertz CT molecular complexity index is 474. The fourth-order valence-electron chi connectivity index (χ4n) is 1.25. The highest BCUT2D eigenvalue weighted by molar-refractivity contribution is 7.85. The minimum absolute atomic E-state index is 0.263. The van der Waals surface area contributed by atoms with Crippen molar-refractivity contribution in [3.8, 4) is 0 Å². The van der Waals surface area contributed by atoms with E-state index in [1.807, 2.05) is 0 Å². The second-order valence-corrected chi connectivity index (χ2v) is 5.05. The molecule has 1 amide bonds. The van der Waals surface area contributed by atoms with E-state index in [-0.39, 0.29) is 5.75 Å². The van der Waals surface area contributed by atoms with Gasteiger partial charge < -0.3 is 10.4 Å². The lowest BCUT2D eigenvalue weighted by Crippen LogP contribution is -2.43. The summed E-state index contributed by atoms with van der Waals surface area (Å²) >= 11 is 0. The summed E-state index contributed by atoms with van der Waals surface area (Å²) in [6.07, 6.45) is 0. The second kappa shape index (κ2) is 6.25. The number of carbonyl (C=O) groups is 2. The van der Waals surface area contributed by atoms with Crippen LogP contribution in [-0.2, 0) is 20.4 Å². The summed E-state index contributed by atoms with van der Waals surface area (Å²) in [5.74, 6) is -2.51. The topological polar surface area (TPSA) is 83.5 Å². The van der Waals surface area contributed by atoms with E-state index >= 15 is 0 Å². The van der Waals surface area contributed by atoms with Gasteiger partial charge in [0.25, 0.3) is 0 Å². The highest BCUT2D eigenvalue weighted by Gasteiger charge is 2.21. The molecular formula is C11H12FNO4S. The van der Waals surface area contributed by atoms with Crippen LogP contribution in [0, 0.1) is 5.82 Å². The number of carboxylic acid groups (broad SMARTS) is 1. The Morgan fingerprint density at radius 2 is 1.94 bits per heavy atom. The Kier molecular flexibility index (Phi) is 4.96. The highest BCUT2D eigenvalue weighted by atomic mass is 32.2. The van der Waals surface area contributed by atoms with Gasteiger partial charge in [0, 0.05) is 11.8 Å². The van der Waals surface area contributed by atoms with E-state index in [1.165, 1.54) is 19.1 Å². The van der Waals surface area contributed by atoms with Crippen LogP contribution < -0.4 is 5.32 Å². The van der Waals surface area contributed by atoms with Gasteiger partial charge >= 0.3 is 5.97 Å². The molecule has 2 unspecified atom stereocenters. The Balaban J connectivity index is 2.75. The summed E-state index contributed by atoms with van der Waals surface area (Å²) in [5.41, 5.74) is 0. The van der Waals surface area contributed by atoms with Crippen molar-refractivity contribution < 1.29 is 23.3 Å². The largest absolute Gasteiger partial charge is 0.480 e. The lowest BCUT2D eigenvalue weighted by atomic mass is 10.3. The molecule has 1 aromatic rings. The Morgan fingerprint density at radius 1 is 1.39 bits per heavy atom. The predicted octanol–water partition coefficient (Wildman–Crippen LogP) is 0.523. The number of amides is 1. The van der Waals surface area contributed by atoms with Crippen molar-refractivity contribution in [2.24, 2.45) is 0 Å². The number of aliphatic carboxylic acids is 1. The molecule has 5 nitrogen and oxygen atoms in total. The van der Waals surface area contributed by atoms with Gasteiger partial charge in [-0.15, -0.1) is 0 Å². The smallest absolute Gasteiger partial charge is 0.327 e. The maximum absolute atomic E-state index is 12.7. The summed E-state index contributed by atoms with van der Waals surface area (Å²) in [6, 6.07) is 3.69. The Morgan fingerprint density at radius 3 is 2.39 bits per heavy atom. The minimum Gasteiger partial charge on any atom is -0.480 e. The van der Waals surface area contributed by atoms with Gasteiger partial charge in [-0.1, -0.05) is 0 Å². The van der Waals surface area contributed by atoms with Crippen molar-refractivity contribution in [3.05, 3.63) is 30.1 Å². The molecule has 1 aromatic carbocycles. The van der Waals surface area contributed by atoms with E-state index in [0.717, 1.165) is 12.1 Å². The third-order valence-corrected chi connectivity index (χ3v) is 3.50. The molecule has 0 aliphatic heterocycles. The van der Waals surface area contributed by atoms with Crippen molar-refractivity contribution in [2.75, 3.05) is 5.75 Å². The van der Waals surface area contributed by atoms with Gasteiger partial charge in [-0.3, -0.25) is 9.00 Å². The predicted molar refractivity (Wildman–Crippen MR) is 62.9 cm³/mol. The second-order valence-electron chi connectivity index (χ2n) is 3.56. The average Bonchev–Trinajstić information content (AvgIpc) is 2.28. The fourth-order valence-corrected chi connectivity index (χ4v) is 2.41. The third-order valence-electron chi connectivity index (χ3n) is 2.07. The molecule has 1 rings (SSSR count). The molecule has 0 aromatic heterocycles. The summed E-state index contributed by atoms with van der Waals surface area (Å²) in [4.78, 5) is 22.0. The standard InChI is InChI=1S/C11H12FNO4S/c1-7(14)13-10(11(15)16)6-18(17)9-4-2-8(12)3-5-9/h2-5,10H,6H2,1H3,(H,13,14)(H,15,16). The van der Waals surface area contributed by atoms with Crippen molar-refractivity contribution in [1.82, 2.24) is 5.32 Å². The molecule has 18 heavy (non-hydrogen) atoms. The number of rotatable bonds is 5. The van der Waals surface area contributed by atoms with Crippen LogP contribution >= 0.6 is 0 Å². The van der Waals surface area contributed by atoms with Gasteiger partial charge in [-0.2, -0.15) is 0 Å². The summed E-state index contributed by atoms with van der Waals surface area (Å²) in [7, 11) is -1.62. The van der Waals surface area contributed by atoms with Crippen LogP contribution in [0.3, 0.4) is 0 Å². The summed E-state index contributed by atoms with van der Waals surface area (Å²) in [5, 5.41) is 11.0. The zero-order valence-corrected chi connectivity index (χ0v) is 10.4. The van der Waals surface area contributed by atoms with E-state index in [0.29, 0.717) is 4.90 Å². The normalized spacial score (nSPS) is 13.7. The van der Waals surface area contributed by atoms with Crippen LogP contribution in [0.1, 0.15) is 6.92 Å². The lowest BCUT2D eigenvalue weighted by molar-refractivity contribution is -0.140. The first-order valence-electron chi connectivity index (χ1n) is 5.04. The molecule has 0 heterocycles. The van der Waals surface area contributed by atoms with Gasteiger partial charge in [-0.25, -0.2) is 9.18 Å². The molecule has 0 spiro atoms. The maximum Gasteiger partial charge on any atom is 0.327 e. The molecule has 0 fully saturated rings. The molecule has 0 radical (unpaired) electrons. The van der Waals surface area contributed by atoms with E-state index in [1.54, 1.807) is 0 Å². The van der Waals surface area contributed by atoms with Crippen molar-refractivity contribution in [2.45, 2.75) is 17.9 Å². The lowest BCUT2D eigenvalue weighted by Gasteiger charge is -2.12. The van der Waals surface area contributed by atoms with Crippen LogP contribution in [0.15, 0.2) is 29.2 Å². The molecular weight excluding hydrogens is 261 g/mol. The van der Waals surface area contributed by atoms with Gasteiger partial charge in [-0.05, 0) is 24.3 Å². The van der Waals surface area contributed by atoms with E-state index < -0.39 is 34.5 Å². The molecule has 0 saturated heterocycles. The number of benzene rings is 1. The van der Waals surface area contributed by atoms with E-state index in [4.69, 9.17) is 5.11 Å². The zero-order chi connectivity index (χ0) is 13.7. The number of hydrogen-bond donors (Lipinski definition) is 2. The van der Waals surface area contributed by atoms with Crippen LogP contribution in [0.25, 0.3) is 0 Å². The number of hydrogen-bond acceptors (Lipinski definition) is 3. The summed E-state index contributed by atoms with van der Waals surface area (Å²) < 4.78 is 24.5. The van der Waals surface area contributed by atoms with Crippen molar-refractivity contribution in [1.29, 1.82) is 0 Å². The molecule has 98 valence electrons. The number of carbonyl (C=O) groups excluding carboxylic acids is 1.